The van der Waals surface area contributed by atoms with Crippen molar-refractivity contribution in [2.45, 2.75) is 0 Å². The Kier molecular flexibility index (Phi) is 18.9. The molecule has 69 valence electrons. The van der Waals surface area contributed by atoms with Crippen LogP contribution in [0.3, 0.4) is 0 Å². The van der Waals surface area contributed by atoms with Crippen molar-refractivity contribution in [2.75, 3.05) is 0 Å². The van der Waals surface area contributed by atoms with Crippen LogP contribution in [0.15, 0.2) is 0 Å². The predicted octanol–water partition coefficient (Wildman–Crippen LogP) is -2.68. The molecule has 0 N–H and O–H groups in total. The summed E-state index contributed by atoms with van der Waals surface area (Å²) in [6.45, 7) is 0. The maximum absolute atomic E-state index is 10.0. The number of halogens is 2. The van der Waals surface area contributed by atoms with Gasteiger partial charge in [0, 0.05) is 0 Å². The zero-order valence-corrected chi connectivity index (χ0v) is 7.45. The van der Waals surface area contributed by atoms with E-state index in [2.05, 4.69) is 9.26 Å². The van der Waals surface area contributed by atoms with Crippen LogP contribution in [-0.2, 0) is 35.3 Å². The molecule has 0 saturated heterocycles. The molecule has 0 aromatic carbocycles. The monoisotopic (exact) mass is 253 g/mol. The van der Waals surface area contributed by atoms with Crippen LogP contribution >= 0.6 is 0 Å². The van der Waals surface area contributed by atoms with E-state index in [1.54, 1.807) is 0 Å². The number of rotatable bonds is 2. The zero-order chi connectivity index (χ0) is 8.57. The van der Waals surface area contributed by atoms with Crippen LogP contribution in [0.1, 0.15) is 0 Å². The van der Waals surface area contributed by atoms with Gasteiger partial charge in [0.25, 0.3) is 0 Å². The summed E-state index contributed by atoms with van der Waals surface area (Å²) in [5, 5.41) is 0. The van der Waals surface area contributed by atoms with Gasteiger partial charge in [0.05, 0.1) is 0 Å². The van der Waals surface area contributed by atoms with E-state index in [4.69, 9.17) is 18.5 Å². The number of hydrogen-bond donors (Lipinski definition) is 0. The molecular weight excluding hydrogens is 254 g/mol. The van der Waals surface area contributed by atoms with Gasteiger partial charge < -0.3 is 27.8 Å². The minimum Gasteiger partial charge on any atom is -0.478 e. The van der Waals surface area contributed by atoms with Gasteiger partial charge in [-0.1, -0.05) is 9.05 Å². The van der Waals surface area contributed by atoms with Crippen LogP contribution in [0.25, 0.3) is 0 Å². The van der Waals surface area contributed by atoms with E-state index in [1.807, 2.05) is 0 Å². The minimum absolute atomic E-state index is 0. The summed E-state index contributed by atoms with van der Waals surface area (Å²) in [4.78, 5) is 17.7. The standard InChI is InChI=1S/Cu.2FO3Si/c;2*1-4-5(2)3/q+2;2*-1. The molecule has 0 aromatic rings. The fraction of sp³-hybridized carbons (Fsp3) is 0. The molecule has 11 heavy (non-hydrogen) atoms. The third kappa shape index (κ3) is 42.7. The summed E-state index contributed by atoms with van der Waals surface area (Å²) in [6, 6.07) is 0. The van der Waals surface area contributed by atoms with Gasteiger partial charge >= 0.3 is 35.4 Å². The van der Waals surface area contributed by atoms with Gasteiger partial charge in [-0.2, -0.15) is 0 Å². The second-order valence-corrected chi connectivity index (χ2v) is 1.96. The van der Waals surface area contributed by atoms with Crippen LogP contribution < -0.4 is 9.59 Å². The maximum atomic E-state index is 10.0. The third-order valence-corrected chi connectivity index (χ3v) is 0.378. The van der Waals surface area contributed by atoms with Gasteiger partial charge in [-0.3, -0.25) is 0 Å². The van der Waals surface area contributed by atoms with Gasteiger partial charge in [-0.15, -0.1) is 0 Å². The molecule has 0 unspecified atom stereocenters. The summed E-state index contributed by atoms with van der Waals surface area (Å²) in [5.74, 6) is 0. The van der Waals surface area contributed by atoms with E-state index >= 15 is 0 Å². The van der Waals surface area contributed by atoms with Crippen molar-refractivity contribution in [3.63, 3.8) is 0 Å². The van der Waals surface area contributed by atoms with E-state index in [-0.39, 0.29) is 17.1 Å². The second kappa shape index (κ2) is 12.3. The van der Waals surface area contributed by atoms with E-state index in [9.17, 15) is 9.05 Å². The SMILES string of the molecule is O=[Si]([O-])OF.O=[Si]([O-])OF.[Cu+2]. The van der Waals surface area contributed by atoms with Crippen molar-refractivity contribution in [1.29, 1.82) is 0 Å². The molecular formula is CuF2O6Si2. The molecule has 0 saturated carbocycles. The fourth-order valence-corrected chi connectivity index (χ4v) is 0. The first-order chi connectivity index (χ1) is 4.54. The predicted molar refractivity (Wildman–Crippen MR) is 17.3 cm³/mol. The van der Waals surface area contributed by atoms with Gasteiger partial charge in [0.15, 0.2) is 0 Å². The van der Waals surface area contributed by atoms with Crippen molar-refractivity contribution >= 4 is 18.3 Å². The van der Waals surface area contributed by atoms with Crippen molar-refractivity contribution in [3.8, 4) is 0 Å². The smallest absolute Gasteiger partial charge is 0.478 e. The Bertz CT molecular complexity index is 103. The van der Waals surface area contributed by atoms with E-state index in [0.29, 0.717) is 0 Å². The average molecular weight is 254 g/mol. The normalized spacial score (nSPS) is 6.00. The Morgan fingerprint density at radius 3 is 1.09 bits per heavy atom. The largest absolute Gasteiger partial charge is 2.00 e. The Morgan fingerprint density at radius 2 is 1.09 bits per heavy atom. The third-order valence-electron chi connectivity index (χ3n) is 0.126. The van der Waals surface area contributed by atoms with Crippen LogP contribution in [0.4, 0.5) is 9.05 Å². The molecule has 0 heterocycles. The summed E-state index contributed by atoms with van der Waals surface area (Å²) in [6.07, 6.45) is 0. The first-order valence-corrected chi connectivity index (χ1v) is 3.98. The van der Waals surface area contributed by atoms with Crippen LogP contribution in [-0.4, -0.2) is 18.3 Å². The molecule has 0 aliphatic heterocycles. The molecule has 0 fully saturated rings. The fourth-order valence-electron chi connectivity index (χ4n) is 0. The van der Waals surface area contributed by atoms with Crippen molar-refractivity contribution in [2.24, 2.45) is 0 Å². The number of hydrogen-bond acceptors (Lipinski definition) is 6. The molecule has 0 aliphatic rings. The van der Waals surface area contributed by atoms with E-state index in [1.165, 1.54) is 0 Å². The average Bonchev–Trinajstić information content (AvgIpc) is 1.89. The second-order valence-electron chi connectivity index (χ2n) is 0.654. The maximum Gasteiger partial charge on any atom is 2.00 e. The molecule has 0 aliphatic carbocycles. The Labute approximate surface area is 72.8 Å². The van der Waals surface area contributed by atoms with Gasteiger partial charge in [-0.05, 0) is 0 Å². The summed E-state index contributed by atoms with van der Waals surface area (Å²) in [5.41, 5.74) is 0. The van der Waals surface area contributed by atoms with Crippen molar-refractivity contribution in [3.05, 3.63) is 0 Å². The topological polar surface area (TPSA) is 98.7 Å². The van der Waals surface area contributed by atoms with Crippen LogP contribution in [0, 0.1) is 0 Å². The zero-order valence-electron chi connectivity index (χ0n) is 4.51. The van der Waals surface area contributed by atoms with Crippen molar-refractivity contribution < 1.29 is 53.9 Å². The van der Waals surface area contributed by atoms with Gasteiger partial charge in [0.2, 0.25) is 0 Å². The molecule has 0 spiro atoms. The molecule has 11 heteroatoms. The molecule has 0 bridgehead atoms. The van der Waals surface area contributed by atoms with Gasteiger partial charge in [-0.25, -0.2) is 0 Å². The Balaban J connectivity index is -0.000000107. The molecule has 6 nitrogen and oxygen atoms in total. The first-order valence-electron chi connectivity index (χ1n) is 1.53. The molecule has 1 radical (unpaired) electrons. The van der Waals surface area contributed by atoms with Crippen LogP contribution in [0.5, 0.6) is 0 Å². The molecule has 0 amide bonds. The van der Waals surface area contributed by atoms with E-state index in [0.717, 1.165) is 0 Å². The minimum atomic E-state index is -3.54. The van der Waals surface area contributed by atoms with Crippen LogP contribution in [0.2, 0.25) is 0 Å². The summed E-state index contributed by atoms with van der Waals surface area (Å²) in [7, 11) is -7.08. The summed E-state index contributed by atoms with van der Waals surface area (Å²) < 4.78 is 42.2. The van der Waals surface area contributed by atoms with E-state index < -0.39 is 18.3 Å². The van der Waals surface area contributed by atoms with Crippen molar-refractivity contribution in [1.82, 2.24) is 0 Å². The summed E-state index contributed by atoms with van der Waals surface area (Å²) >= 11 is 0. The first kappa shape index (κ1) is 16.9. The molecule has 0 atom stereocenters. The molecule has 0 rings (SSSR count). The van der Waals surface area contributed by atoms with Gasteiger partial charge in [0.1, 0.15) is 0 Å². The Hall–Kier alpha value is -0.387. The Morgan fingerprint density at radius 1 is 1.00 bits per heavy atom. The quantitative estimate of drug-likeness (QED) is 0.498. The molecule has 0 aromatic heterocycles.